The fourth-order valence-electron chi connectivity index (χ4n) is 3.33. The number of sulfone groups is 1. The quantitative estimate of drug-likeness (QED) is 0.622. The van der Waals surface area contributed by atoms with Gasteiger partial charge in [0.15, 0.2) is 15.5 Å². The summed E-state index contributed by atoms with van der Waals surface area (Å²) in [7, 11) is -3.31. The Labute approximate surface area is 177 Å². The minimum Gasteiger partial charge on any atom is -0.304 e. The second-order valence-electron chi connectivity index (χ2n) is 7.75. The smallest absolute Gasteiger partial charge is 0.280 e. The maximum absolute atomic E-state index is 13.4. The van der Waals surface area contributed by atoms with Gasteiger partial charge in [0.2, 0.25) is 0 Å². The number of nitrogens with zero attached hydrogens (tertiary/aromatic N) is 4. The Morgan fingerprint density at radius 2 is 1.63 bits per heavy atom. The van der Waals surface area contributed by atoms with Crippen LogP contribution in [-0.2, 0) is 9.84 Å². The molecular formula is C22H26N4O3S. The molecule has 0 aliphatic heterocycles. The largest absolute Gasteiger partial charge is 0.304 e. The van der Waals surface area contributed by atoms with Crippen LogP contribution in [0.1, 0.15) is 41.2 Å². The Morgan fingerprint density at radius 1 is 1.00 bits per heavy atom. The summed E-state index contributed by atoms with van der Waals surface area (Å²) in [5.41, 5.74) is 4.36. The van der Waals surface area contributed by atoms with E-state index >= 15 is 0 Å². The van der Waals surface area contributed by atoms with Crippen molar-refractivity contribution in [3.63, 3.8) is 0 Å². The van der Waals surface area contributed by atoms with Gasteiger partial charge < -0.3 is 4.90 Å². The van der Waals surface area contributed by atoms with Crippen LogP contribution in [0.5, 0.6) is 0 Å². The fourth-order valence-corrected chi connectivity index (χ4v) is 3.96. The summed E-state index contributed by atoms with van der Waals surface area (Å²) in [6.07, 6.45) is 1.15. The molecule has 3 rings (SSSR count). The van der Waals surface area contributed by atoms with Crippen LogP contribution >= 0.6 is 0 Å². The van der Waals surface area contributed by atoms with Gasteiger partial charge in [0.1, 0.15) is 0 Å². The lowest BCUT2D eigenvalue weighted by molar-refractivity contribution is 0.0974. The summed E-state index contributed by atoms with van der Waals surface area (Å²) >= 11 is 0. The van der Waals surface area contributed by atoms with Crippen molar-refractivity contribution in [2.75, 3.05) is 11.2 Å². The Bertz CT molecular complexity index is 1200. The molecule has 0 radical (unpaired) electrons. The number of aryl methyl sites for hydroxylation is 3. The van der Waals surface area contributed by atoms with Crippen molar-refractivity contribution < 1.29 is 13.2 Å². The normalized spacial score (nSPS) is 11.7. The van der Waals surface area contributed by atoms with E-state index in [2.05, 4.69) is 10.2 Å². The Morgan fingerprint density at radius 3 is 2.17 bits per heavy atom. The van der Waals surface area contributed by atoms with E-state index in [0.717, 1.165) is 23.1 Å². The van der Waals surface area contributed by atoms with E-state index in [1.165, 1.54) is 16.9 Å². The molecule has 7 nitrogen and oxygen atoms in total. The van der Waals surface area contributed by atoms with Crippen LogP contribution in [0.2, 0.25) is 0 Å². The lowest BCUT2D eigenvalue weighted by Gasteiger charge is -2.26. The third-order valence-corrected chi connectivity index (χ3v) is 5.96. The van der Waals surface area contributed by atoms with Crippen molar-refractivity contribution in [3.05, 3.63) is 65.0 Å². The molecule has 0 spiro atoms. The van der Waals surface area contributed by atoms with E-state index in [0.29, 0.717) is 11.4 Å². The van der Waals surface area contributed by atoms with E-state index in [1.807, 2.05) is 45.9 Å². The van der Waals surface area contributed by atoms with Gasteiger partial charge in [0.25, 0.3) is 5.91 Å². The molecule has 2 aromatic carbocycles. The van der Waals surface area contributed by atoms with Gasteiger partial charge in [-0.25, -0.2) is 8.42 Å². The molecule has 0 aliphatic rings. The summed E-state index contributed by atoms with van der Waals surface area (Å²) < 4.78 is 23.5. The van der Waals surface area contributed by atoms with Gasteiger partial charge >= 0.3 is 0 Å². The standard InChI is InChI=1S/C22H26N4O3S/c1-14(2)25(18-8-10-19(11-9-18)30(6,28)29)22(27)21-17(5)23-26(24-21)20-12-7-15(3)13-16(20)4/h7-14H,1-6H3. The van der Waals surface area contributed by atoms with Crippen LogP contribution in [0.15, 0.2) is 47.4 Å². The van der Waals surface area contributed by atoms with Gasteiger partial charge in [0.05, 0.1) is 16.3 Å². The molecule has 0 unspecified atom stereocenters. The van der Waals surface area contributed by atoms with E-state index < -0.39 is 9.84 Å². The predicted molar refractivity (Wildman–Crippen MR) is 117 cm³/mol. The van der Waals surface area contributed by atoms with Gasteiger partial charge in [-0.1, -0.05) is 17.7 Å². The molecule has 1 amide bonds. The van der Waals surface area contributed by atoms with Gasteiger partial charge in [-0.2, -0.15) is 9.90 Å². The zero-order valence-electron chi connectivity index (χ0n) is 18.0. The number of aromatic nitrogens is 3. The van der Waals surface area contributed by atoms with Gasteiger partial charge in [-0.05, 0) is 70.5 Å². The third kappa shape index (κ3) is 4.28. The Balaban J connectivity index is 2.00. The molecule has 0 N–H and O–H groups in total. The van der Waals surface area contributed by atoms with Crippen LogP contribution in [0.25, 0.3) is 5.69 Å². The number of hydrogen-bond acceptors (Lipinski definition) is 5. The second-order valence-corrected chi connectivity index (χ2v) is 9.76. The summed E-state index contributed by atoms with van der Waals surface area (Å²) in [6, 6.07) is 12.1. The number of carbonyl (C=O) groups excluding carboxylic acids is 1. The number of benzene rings is 2. The summed E-state index contributed by atoms with van der Waals surface area (Å²) in [5, 5.41) is 8.93. The average molecular weight is 427 g/mol. The van der Waals surface area contributed by atoms with Crippen LogP contribution < -0.4 is 4.90 Å². The molecule has 30 heavy (non-hydrogen) atoms. The first-order valence-electron chi connectivity index (χ1n) is 9.64. The maximum Gasteiger partial charge on any atom is 0.280 e. The molecule has 0 atom stereocenters. The van der Waals surface area contributed by atoms with Crippen LogP contribution in [0.3, 0.4) is 0 Å². The zero-order chi connectivity index (χ0) is 22.2. The summed E-state index contributed by atoms with van der Waals surface area (Å²) in [6.45, 7) is 9.54. The minimum atomic E-state index is -3.31. The minimum absolute atomic E-state index is 0.160. The predicted octanol–water partition coefficient (Wildman–Crippen LogP) is 3.65. The van der Waals surface area contributed by atoms with E-state index in [-0.39, 0.29) is 22.5 Å². The molecule has 1 aromatic heterocycles. The molecule has 158 valence electrons. The monoisotopic (exact) mass is 426 g/mol. The maximum atomic E-state index is 13.4. The lowest BCUT2D eigenvalue weighted by Crippen LogP contribution is -2.37. The molecule has 0 aliphatic carbocycles. The van der Waals surface area contributed by atoms with E-state index in [4.69, 9.17) is 0 Å². The van der Waals surface area contributed by atoms with Crippen LogP contribution in [-0.4, -0.2) is 41.6 Å². The molecule has 0 fully saturated rings. The molecule has 0 saturated carbocycles. The van der Waals surface area contributed by atoms with Crippen LogP contribution in [0.4, 0.5) is 5.69 Å². The number of hydrogen-bond donors (Lipinski definition) is 0. The molecule has 8 heteroatoms. The first kappa shape index (κ1) is 21.7. The molecule has 0 saturated heterocycles. The highest BCUT2D eigenvalue weighted by Crippen LogP contribution is 2.23. The topological polar surface area (TPSA) is 85.2 Å². The number of anilines is 1. The highest BCUT2D eigenvalue weighted by Gasteiger charge is 2.26. The Hall–Kier alpha value is -3.00. The van der Waals surface area contributed by atoms with Crippen LogP contribution in [0, 0.1) is 20.8 Å². The first-order valence-corrected chi connectivity index (χ1v) is 11.5. The number of carbonyl (C=O) groups is 1. The summed E-state index contributed by atoms with van der Waals surface area (Å²) in [5.74, 6) is -0.286. The van der Waals surface area contributed by atoms with Crippen molar-refractivity contribution in [1.29, 1.82) is 0 Å². The molecule has 1 heterocycles. The molecule has 3 aromatic rings. The van der Waals surface area contributed by atoms with E-state index in [9.17, 15) is 13.2 Å². The third-order valence-electron chi connectivity index (χ3n) is 4.83. The van der Waals surface area contributed by atoms with E-state index in [1.54, 1.807) is 24.0 Å². The zero-order valence-corrected chi connectivity index (χ0v) is 18.9. The highest BCUT2D eigenvalue weighted by molar-refractivity contribution is 7.90. The van der Waals surface area contributed by atoms with Crippen molar-refractivity contribution in [3.8, 4) is 5.69 Å². The van der Waals surface area contributed by atoms with Crippen molar-refractivity contribution in [2.45, 2.75) is 45.6 Å². The van der Waals surface area contributed by atoms with Crippen molar-refractivity contribution in [2.24, 2.45) is 0 Å². The van der Waals surface area contributed by atoms with Crippen molar-refractivity contribution in [1.82, 2.24) is 15.0 Å². The SMILES string of the molecule is Cc1ccc(-n2nc(C)c(C(=O)N(c3ccc(S(C)(=O)=O)cc3)C(C)C)n2)c(C)c1. The fraction of sp³-hybridized carbons (Fsp3) is 0.318. The molecular weight excluding hydrogens is 400 g/mol. The number of amides is 1. The van der Waals surface area contributed by atoms with Gasteiger partial charge in [-0.3, -0.25) is 4.79 Å². The number of rotatable bonds is 5. The molecule has 0 bridgehead atoms. The van der Waals surface area contributed by atoms with Gasteiger partial charge in [-0.15, -0.1) is 5.10 Å². The second kappa shape index (κ2) is 8.02. The first-order chi connectivity index (χ1) is 14.0. The van der Waals surface area contributed by atoms with Gasteiger partial charge in [0, 0.05) is 18.0 Å². The van der Waals surface area contributed by atoms with Crippen molar-refractivity contribution >= 4 is 21.4 Å². The summed E-state index contributed by atoms with van der Waals surface area (Å²) in [4.78, 5) is 16.7. The lowest BCUT2D eigenvalue weighted by atomic mass is 10.1. The Kier molecular flexibility index (Phi) is 5.81. The average Bonchev–Trinajstić information content (AvgIpc) is 3.02. The highest BCUT2D eigenvalue weighted by atomic mass is 32.2.